The van der Waals surface area contributed by atoms with Gasteiger partial charge in [0.05, 0.1) is 12.8 Å². The van der Waals surface area contributed by atoms with E-state index in [0.29, 0.717) is 29.2 Å². The van der Waals surface area contributed by atoms with Gasteiger partial charge in [-0.05, 0) is 79.8 Å². The van der Waals surface area contributed by atoms with Gasteiger partial charge < -0.3 is 14.0 Å². The molecule has 2 aliphatic heterocycles. The van der Waals surface area contributed by atoms with Gasteiger partial charge in [-0.15, -0.1) is 0 Å². The summed E-state index contributed by atoms with van der Waals surface area (Å²) in [7, 11) is 0. The number of rotatable bonds is 9. The van der Waals surface area contributed by atoms with Gasteiger partial charge >= 0.3 is 0 Å². The highest BCUT2D eigenvalue weighted by Crippen LogP contribution is 2.36. The Balaban J connectivity index is 1.22. The fraction of sp³-hybridized carbons (Fsp3) is 0.367. The standard InChI is InChI=1S/C30H33ClN4O4/c1-3-38-28-10-7-21(14-32-33-29(36)19-39-25-8-9-26(31)20(2)11-25)12-24(28)18-34-15-22-13-23(17-34)27-5-4-6-30(37)35(27)16-22/h4-12,14,22-23H,3,13,15-19H2,1-2H3,(H,33,36). The molecule has 9 heteroatoms. The molecule has 3 aromatic rings. The van der Waals surface area contributed by atoms with Gasteiger partial charge in [-0.25, -0.2) is 5.43 Å². The predicted octanol–water partition coefficient (Wildman–Crippen LogP) is 4.36. The second-order valence-corrected chi connectivity index (χ2v) is 10.6. The molecule has 1 fully saturated rings. The van der Waals surface area contributed by atoms with E-state index < -0.39 is 0 Å². The fourth-order valence-corrected chi connectivity index (χ4v) is 5.65. The molecule has 1 saturated heterocycles. The minimum Gasteiger partial charge on any atom is -0.494 e. The highest BCUT2D eigenvalue weighted by Gasteiger charge is 2.34. The molecule has 2 atom stereocenters. The predicted molar refractivity (Wildman–Crippen MR) is 152 cm³/mol. The molecule has 1 amide bonds. The molecule has 0 aliphatic carbocycles. The zero-order valence-electron chi connectivity index (χ0n) is 22.2. The first-order valence-corrected chi connectivity index (χ1v) is 13.7. The van der Waals surface area contributed by atoms with Crippen LogP contribution >= 0.6 is 11.6 Å². The minimum atomic E-state index is -0.357. The van der Waals surface area contributed by atoms with Crippen molar-refractivity contribution in [3.05, 3.63) is 92.4 Å². The number of fused-ring (bicyclic) bond motifs is 4. The maximum Gasteiger partial charge on any atom is 0.277 e. The van der Waals surface area contributed by atoms with Crippen molar-refractivity contribution in [1.82, 2.24) is 14.9 Å². The fourth-order valence-electron chi connectivity index (χ4n) is 5.53. The van der Waals surface area contributed by atoms with Gasteiger partial charge in [-0.2, -0.15) is 5.10 Å². The number of hydrazone groups is 1. The lowest BCUT2D eigenvalue weighted by molar-refractivity contribution is -0.123. The van der Waals surface area contributed by atoms with Gasteiger partial charge in [0.15, 0.2) is 6.61 Å². The molecule has 2 bridgehead atoms. The number of nitrogens with zero attached hydrogens (tertiary/aromatic N) is 3. The summed E-state index contributed by atoms with van der Waals surface area (Å²) in [5, 5.41) is 4.77. The Morgan fingerprint density at radius 3 is 2.82 bits per heavy atom. The van der Waals surface area contributed by atoms with Crippen molar-refractivity contribution in [3.8, 4) is 11.5 Å². The number of amides is 1. The van der Waals surface area contributed by atoms with Crippen molar-refractivity contribution in [2.45, 2.75) is 39.3 Å². The number of carbonyl (C=O) groups is 1. The Morgan fingerprint density at radius 2 is 2.00 bits per heavy atom. The molecule has 1 aromatic heterocycles. The average molecular weight is 549 g/mol. The SMILES string of the molecule is CCOc1ccc(C=NNC(=O)COc2ccc(Cl)c(C)c2)cc1CN1CC2CC(C1)c1cccc(=O)n1C2. The first kappa shape index (κ1) is 27.0. The van der Waals surface area contributed by atoms with Crippen LogP contribution in [0.5, 0.6) is 11.5 Å². The number of aromatic nitrogens is 1. The van der Waals surface area contributed by atoms with Crippen LogP contribution in [0.4, 0.5) is 0 Å². The molecular weight excluding hydrogens is 516 g/mol. The van der Waals surface area contributed by atoms with Crippen molar-refractivity contribution < 1.29 is 14.3 Å². The van der Waals surface area contributed by atoms with Crippen LogP contribution in [0, 0.1) is 12.8 Å². The molecule has 8 nitrogen and oxygen atoms in total. The van der Waals surface area contributed by atoms with Crippen molar-refractivity contribution in [2.75, 3.05) is 26.3 Å². The molecule has 2 aliphatic rings. The highest BCUT2D eigenvalue weighted by molar-refractivity contribution is 6.31. The molecule has 0 radical (unpaired) electrons. The first-order valence-electron chi connectivity index (χ1n) is 13.3. The lowest BCUT2D eigenvalue weighted by Crippen LogP contribution is -2.46. The van der Waals surface area contributed by atoms with E-state index in [4.69, 9.17) is 21.1 Å². The molecule has 3 heterocycles. The molecule has 0 saturated carbocycles. The van der Waals surface area contributed by atoms with E-state index >= 15 is 0 Å². The number of aryl methyl sites for hydroxylation is 1. The van der Waals surface area contributed by atoms with Crippen molar-refractivity contribution in [1.29, 1.82) is 0 Å². The van der Waals surface area contributed by atoms with Gasteiger partial charge in [-0.1, -0.05) is 17.7 Å². The zero-order chi connectivity index (χ0) is 27.4. The maximum atomic E-state index is 12.4. The molecule has 2 unspecified atom stereocenters. The average Bonchev–Trinajstić information content (AvgIpc) is 2.91. The monoisotopic (exact) mass is 548 g/mol. The molecule has 39 heavy (non-hydrogen) atoms. The van der Waals surface area contributed by atoms with Gasteiger partial charge in [-0.3, -0.25) is 14.5 Å². The summed E-state index contributed by atoms with van der Waals surface area (Å²) in [5.74, 6) is 1.86. The largest absolute Gasteiger partial charge is 0.494 e. The number of piperidine rings is 1. The Morgan fingerprint density at radius 1 is 1.13 bits per heavy atom. The van der Waals surface area contributed by atoms with E-state index in [-0.39, 0.29) is 18.1 Å². The van der Waals surface area contributed by atoms with Crippen LogP contribution in [0.1, 0.15) is 41.6 Å². The third kappa shape index (κ3) is 6.52. The topological polar surface area (TPSA) is 85.2 Å². The quantitative estimate of drug-likeness (QED) is 0.317. The van der Waals surface area contributed by atoms with E-state index in [9.17, 15) is 9.59 Å². The van der Waals surface area contributed by atoms with Crippen LogP contribution in [0.15, 0.2) is 64.5 Å². The number of pyridine rings is 1. The van der Waals surface area contributed by atoms with Crippen LogP contribution in [0.3, 0.4) is 0 Å². The second-order valence-electron chi connectivity index (χ2n) is 10.2. The molecule has 5 rings (SSSR count). The Hall–Kier alpha value is -3.62. The van der Waals surface area contributed by atoms with E-state index in [1.54, 1.807) is 30.5 Å². The molecule has 0 spiro atoms. The summed E-state index contributed by atoms with van der Waals surface area (Å²) in [6, 6.07) is 16.8. The van der Waals surface area contributed by atoms with Crippen LogP contribution < -0.4 is 20.5 Å². The summed E-state index contributed by atoms with van der Waals surface area (Å²) < 4.78 is 13.4. The maximum absolute atomic E-state index is 12.4. The van der Waals surface area contributed by atoms with Gasteiger partial charge in [0.2, 0.25) is 0 Å². The number of nitrogens with one attached hydrogen (secondary N) is 1. The van der Waals surface area contributed by atoms with Crippen LogP contribution in [-0.2, 0) is 17.9 Å². The Labute approximate surface area is 233 Å². The van der Waals surface area contributed by atoms with Gasteiger partial charge in [0.25, 0.3) is 11.5 Å². The van der Waals surface area contributed by atoms with Gasteiger partial charge in [0.1, 0.15) is 11.5 Å². The number of benzene rings is 2. The summed E-state index contributed by atoms with van der Waals surface area (Å²) in [6.07, 6.45) is 2.74. The number of ether oxygens (including phenoxy) is 2. The van der Waals surface area contributed by atoms with E-state index in [1.165, 1.54) is 0 Å². The van der Waals surface area contributed by atoms with Crippen LogP contribution in [0.2, 0.25) is 5.02 Å². The number of hydrogen-bond acceptors (Lipinski definition) is 6. The lowest BCUT2D eigenvalue weighted by atomic mass is 9.83. The second kappa shape index (κ2) is 12.1. The van der Waals surface area contributed by atoms with Crippen LogP contribution in [0.25, 0.3) is 0 Å². The molecular formula is C30H33ClN4O4. The molecule has 1 N–H and O–H groups in total. The number of hydrogen-bond donors (Lipinski definition) is 1. The molecule has 2 aromatic carbocycles. The van der Waals surface area contributed by atoms with Crippen molar-refractivity contribution >= 4 is 23.7 Å². The Bertz CT molecular complexity index is 1440. The summed E-state index contributed by atoms with van der Waals surface area (Å²) in [5.41, 5.74) is 6.56. The van der Waals surface area contributed by atoms with Crippen molar-refractivity contribution in [2.24, 2.45) is 11.0 Å². The smallest absolute Gasteiger partial charge is 0.277 e. The summed E-state index contributed by atoms with van der Waals surface area (Å²) in [4.78, 5) is 27.0. The lowest BCUT2D eigenvalue weighted by Gasteiger charge is -2.43. The van der Waals surface area contributed by atoms with E-state index in [0.717, 1.165) is 60.7 Å². The minimum absolute atomic E-state index is 0.0972. The third-order valence-corrected chi connectivity index (χ3v) is 7.66. The zero-order valence-corrected chi connectivity index (χ0v) is 23.0. The first-order chi connectivity index (χ1) is 18.9. The third-order valence-electron chi connectivity index (χ3n) is 7.24. The molecule has 204 valence electrons. The highest BCUT2D eigenvalue weighted by atomic mass is 35.5. The summed E-state index contributed by atoms with van der Waals surface area (Å²) >= 11 is 6.03. The van der Waals surface area contributed by atoms with Crippen LogP contribution in [-0.4, -0.2) is 47.9 Å². The van der Waals surface area contributed by atoms with E-state index in [2.05, 4.69) is 27.6 Å². The van der Waals surface area contributed by atoms with Gasteiger partial charge in [0, 0.05) is 54.4 Å². The normalized spacial score (nSPS) is 18.5. The Kier molecular flexibility index (Phi) is 8.33. The number of carbonyl (C=O) groups excluding carboxylic acids is 1. The van der Waals surface area contributed by atoms with E-state index in [1.807, 2.05) is 36.6 Å². The number of halogens is 1. The number of likely N-dealkylation sites (tertiary alicyclic amines) is 1. The summed E-state index contributed by atoms with van der Waals surface area (Å²) in [6.45, 7) is 7.61. The van der Waals surface area contributed by atoms with Crippen molar-refractivity contribution in [3.63, 3.8) is 0 Å².